The molecule has 27 heavy (non-hydrogen) atoms. The number of carbonyl (C=O) groups is 2. The number of benzene rings is 2. The van der Waals surface area contributed by atoms with E-state index in [4.69, 9.17) is 0 Å². The fourth-order valence-electron chi connectivity index (χ4n) is 3.40. The number of nitrogens with zero attached hydrogens (tertiary/aromatic N) is 2. The Balaban J connectivity index is 1.48. The number of amides is 2. The van der Waals surface area contributed by atoms with Crippen LogP contribution in [-0.4, -0.2) is 53.8 Å². The maximum atomic E-state index is 12.7. The van der Waals surface area contributed by atoms with E-state index in [0.29, 0.717) is 18.7 Å². The lowest BCUT2D eigenvalue weighted by Gasteiger charge is -2.36. The molecule has 1 saturated heterocycles. The third-order valence-corrected chi connectivity index (χ3v) is 4.93. The Hall–Kier alpha value is -2.66. The zero-order chi connectivity index (χ0) is 19.2. The predicted octanol–water partition coefficient (Wildman–Crippen LogP) is 2.46. The van der Waals surface area contributed by atoms with Crippen molar-refractivity contribution in [3.8, 4) is 0 Å². The van der Waals surface area contributed by atoms with Gasteiger partial charge in [-0.2, -0.15) is 0 Å². The van der Waals surface area contributed by atoms with E-state index >= 15 is 0 Å². The standard InChI is InChI=1S/C22H27N3O2/c1-17-7-6-8-19(15-17)16-24-11-13-25(14-12-24)22(27)18(2)23-21(26)20-9-4-3-5-10-20/h3-10,15,18H,11-14,16H2,1-2H3,(H,23,26). The van der Waals surface area contributed by atoms with Gasteiger partial charge in [0.05, 0.1) is 0 Å². The minimum atomic E-state index is -0.527. The molecule has 2 amide bonds. The summed E-state index contributed by atoms with van der Waals surface area (Å²) in [6, 6.07) is 17.0. The van der Waals surface area contributed by atoms with Crippen molar-refractivity contribution >= 4 is 11.8 Å². The van der Waals surface area contributed by atoms with Crippen LogP contribution < -0.4 is 5.32 Å². The lowest BCUT2D eigenvalue weighted by Crippen LogP contribution is -2.53. The Bertz CT molecular complexity index is 783. The molecule has 2 aromatic carbocycles. The number of hydrogen-bond donors (Lipinski definition) is 1. The highest BCUT2D eigenvalue weighted by Crippen LogP contribution is 2.11. The number of hydrogen-bond acceptors (Lipinski definition) is 3. The molecule has 0 radical (unpaired) electrons. The molecular weight excluding hydrogens is 338 g/mol. The zero-order valence-corrected chi connectivity index (χ0v) is 16.0. The van der Waals surface area contributed by atoms with Crippen molar-refractivity contribution in [3.05, 3.63) is 71.3 Å². The smallest absolute Gasteiger partial charge is 0.251 e. The molecule has 142 valence electrons. The van der Waals surface area contributed by atoms with E-state index in [1.54, 1.807) is 19.1 Å². The summed E-state index contributed by atoms with van der Waals surface area (Å²) >= 11 is 0. The first kappa shape index (κ1) is 19.1. The molecule has 0 aliphatic carbocycles. The summed E-state index contributed by atoms with van der Waals surface area (Å²) in [6.45, 7) is 7.84. The Kier molecular flexibility index (Phi) is 6.24. The van der Waals surface area contributed by atoms with Crippen LogP contribution in [0.5, 0.6) is 0 Å². The molecule has 5 nitrogen and oxygen atoms in total. The summed E-state index contributed by atoms with van der Waals surface area (Å²) in [5.74, 6) is -0.232. The summed E-state index contributed by atoms with van der Waals surface area (Å²) in [7, 11) is 0. The fraction of sp³-hybridized carbons (Fsp3) is 0.364. The van der Waals surface area contributed by atoms with Gasteiger partial charge in [-0.1, -0.05) is 48.0 Å². The maximum absolute atomic E-state index is 12.7. The van der Waals surface area contributed by atoms with Crippen molar-refractivity contribution in [2.45, 2.75) is 26.4 Å². The summed E-state index contributed by atoms with van der Waals surface area (Å²) in [5.41, 5.74) is 3.14. The van der Waals surface area contributed by atoms with Crippen LogP contribution in [-0.2, 0) is 11.3 Å². The molecule has 1 aliphatic heterocycles. The molecule has 1 N–H and O–H groups in total. The average molecular weight is 365 g/mol. The normalized spacial score (nSPS) is 16.0. The maximum Gasteiger partial charge on any atom is 0.251 e. The second-order valence-electron chi connectivity index (χ2n) is 7.15. The SMILES string of the molecule is Cc1cccc(CN2CCN(C(=O)C(C)NC(=O)c3ccccc3)CC2)c1. The van der Waals surface area contributed by atoms with Crippen LogP contribution in [0.25, 0.3) is 0 Å². The Morgan fingerprint density at radius 2 is 1.70 bits per heavy atom. The molecule has 1 heterocycles. The zero-order valence-electron chi connectivity index (χ0n) is 16.0. The van der Waals surface area contributed by atoms with E-state index in [1.165, 1.54) is 11.1 Å². The number of piperazine rings is 1. The summed E-state index contributed by atoms with van der Waals surface area (Å²) in [5, 5.41) is 2.81. The highest BCUT2D eigenvalue weighted by molar-refractivity contribution is 5.97. The average Bonchev–Trinajstić information content (AvgIpc) is 2.68. The van der Waals surface area contributed by atoms with Gasteiger partial charge in [0.2, 0.25) is 5.91 Å². The second-order valence-corrected chi connectivity index (χ2v) is 7.15. The van der Waals surface area contributed by atoms with E-state index < -0.39 is 6.04 Å². The van der Waals surface area contributed by atoms with Crippen LogP contribution in [0.1, 0.15) is 28.4 Å². The number of aryl methyl sites for hydroxylation is 1. The van der Waals surface area contributed by atoms with Crippen LogP contribution in [0.3, 0.4) is 0 Å². The van der Waals surface area contributed by atoms with Gasteiger partial charge in [0.25, 0.3) is 5.91 Å². The Morgan fingerprint density at radius 1 is 1.00 bits per heavy atom. The molecule has 1 aliphatic rings. The second kappa shape index (κ2) is 8.82. The largest absolute Gasteiger partial charge is 0.341 e. The molecule has 3 rings (SSSR count). The topological polar surface area (TPSA) is 52.6 Å². The van der Waals surface area contributed by atoms with Gasteiger partial charge in [-0.15, -0.1) is 0 Å². The highest BCUT2D eigenvalue weighted by Gasteiger charge is 2.26. The number of rotatable bonds is 5. The number of carbonyl (C=O) groups excluding carboxylic acids is 2. The van der Waals surface area contributed by atoms with Gasteiger partial charge in [0.1, 0.15) is 6.04 Å². The highest BCUT2D eigenvalue weighted by atomic mass is 16.2. The van der Waals surface area contributed by atoms with Crippen molar-refractivity contribution in [2.75, 3.05) is 26.2 Å². The van der Waals surface area contributed by atoms with Crippen molar-refractivity contribution in [3.63, 3.8) is 0 Å². The van der Waals surface area contributed by atoms with Crippen LogP contribution in [0, 0.1) is 6.92 Å². The molecule has 0 spiro atoms. The first-order valence-electron chi connectivity index (χ1n) is 9.45. The fourth-order valence-corrected chi connectivity index (χ4v) is 3.40. The van der Waals surface area contributed by atoms with E-state index in [2.05, 4.69) is 41.4 Å². The van der Waals surface area contributed by atoms with Gasteiger partial charge in [0, 0.05) is 38.3 Å². The summed E-state index contributed by atoms with van der Waals surface area (Å²) in [6.07, 6.45) is 0. The minimum absolute atomic E-state index is 0.0190. The van der Waals surface area contributed by atoms with Crippen LogP contribution >= 0.6 is 0 Å². The van der Waals surface area contributed by atoms with Gasteiger partial charge in [0.15, 0.2) is 0 Å². The molecule has 2 aromatic rings. The molecule has 1 unspecified atom stereocenters. The van der Waals surface area contributed by atoms with Crippen molar-refractivity contribution in [1.82, 2.24) is 15.1 Å². The van der Waals surface area contributed by atoms with Crippen molar-refractivity contribution < 1.29 is 9.59 Å². The molecule has 1 fully saturated rings. The van der Waals surface area contributed by atoms with Gasteiger partial charge in [-0.3, -0.25) is 14.5 Å². The van der Waals surface area contributed by atoms with Crippen LogP contribution in [0.2, 0.25) is 0 Å². The van der Waals surface area contributed by atoms with E-state index in [1.807, 2.05) is 23.1 Å². The van der Waals surface area contributed by atoms with Crippen molar-refractivity contribution in [1.29, 1.82) is 0 Å². The molecule has 1 atom stereocenters. The molecular formula is C22H27N3O2. The van der Waals surface area contributed by atoms with Gasteiger partial charge < -0.3 is 10.2 Å². The first-order valence-corrected chi connectivity index (χ1v) is 9.45. The molecule has 0 bridgehead atoms. The lowest BCUT2D eigenvalue weighted by molar-refractivity contribution is -0.134. The molecule has 0 saturated carbocycles. The Labute approximate surface area is 161 Å². The summed E-state index contributed by atoms with van der Waals surface area (Å²) < 4.78 is 0. The Morgan fingerprint density at radius 3 is 2.37 bits per heavy atom. The van der Waals surface area contributed by atoms with Crippen LogP contribution in [0.15, 0.2) is 54.6 Å². The minimum Gasteiger partial charge on any atom is -0.341 e. The third kappa shape index (κ3) is 5.17. The first-order chi connectivity index (χ1) is 13.0. The molecule has 0 aromatic heterocycles. The van der Waals surface area contributed by atoms with E-state index in [9.17, 15) is 9.59 Å². The van der Waals surface area contributed by atoms with Gasteiger partial charge in [-0.25, -0.2) is 0 Å². The van der Waals surface area contributed by atoms with E-state index in [-0.39, 0.29) is 11.8 Å². The van der Waals surface area contributed by atoms with E-state index in [0.717, 1.165) is 19.6 Å². The van der Waals surface area contributed by atoms with Crippen LogP contribution in [0.4, 0.5) is 0 Å². The molecule has 5 heteroatoms. The predicted molar refractivity (Wildman–Crippen MR) is 106 cm³/mol. The quantitative estimate of drug-likeness (QED) is 0.886. The summed E-state index contributed by atoms with van der Waals surface area (Å²) in [4.78, 5) is 29.1. The number of nitrogens with one attached hydrogen (secondary N) is 1. The monoisotopic (exact) mass is 365 g/mol. The van der Waals surface area contributed by atoms with Gasteiger partial charge >= 0.3 is 0 Å². The third-order valence-electron chi connectivity index (χ3n) is 4.93. The van der Waals surface area contributed by atoms with Crippen molar-refractivity contribution in [2.24, 2.45) is 0 Å². The lowest BCUT2D eigenvalue weighted by atomic mass is 10.1. The van der Waals surface area contributed by atoms with Gasteiger partial charge in [-0.05, 0) is 31.5 Å².